The largest absolute Gasteiger partial charge is 0.378 e. The van der Waals surface area contributed by atoms with Crippen LogP contribution in [-0.4, -0.2) is 0 Å². The molecule has 0 fully saturated rings. The van der Waals surface area contributed by atoms with Crippen LogP contribution >= 0.6 is 39.1 Å². The van der Waals surface area contributed by atoms with Crippen molar-refractivity contribution in [1.29, 1.82) is 5.26 Å². The predicted octanol–water partition coefficient (Wildman–Crippen LogP) is 5.80. The van der Waals surface area contributed by atoms with Crippen LogP contribution in [0.25, 0.3) is 0 Å². The van der Waals surface area contributed by atoms with Crippen molar-refractivity contribution in [3.8, 4) is 6.07 Å². The summed E-state index contributed by atoms with van der Waals surface area (Å²) in [6.07, 6.45) is 0. The molecule has 2 aromatic carbocycles. The topological polar surface area (TPSA) is 35.8 Å². The van der Waals surface area contributed by atoms with Crippen LogP contribution in [0.15, 0.2) is 40.9 Å². The molecule has 0 amide bonds. The molecule has 0 aliphatic carbocycles. The molecule has 1 atom stereocenters. The molecular weight excluding hydrogens is 359 g/mol. The average Bonchev–Trinajstić information content (AvgIpc) is 2.40. The Kier molecular flexibility index (Phi) is 4.93. The number of hydrogen-bond donors (Lipinski definition) is 1. The van der Waals surface area contributed by atoms with Crippen LogP contribution in [0.3, 0.4) is 0 Å². The zero-order valence-electron chi connectivity index (χ0n) is 10.6. The normalized spacial score (nSPS) is 11.8. The van der Waals surface area contributed by atoms with E-state index in [0.717, 1.165) is 15.7 Å². The van der Waals surface area contributed by atoms with Crippen LogP contribution in [-0.2, 0) is 0 Å². The van der Waals surface area contributed by atoms with Gasteiger partial charge in [-0.1, -0.05) is 29.3 Å². The summed E-state index contributed by atoms with van der Waals surface area (Å²) in [6.45, 7) is 2.01. The first-order valence-electron chi connectivity index (χ1n) is 5.92. The number of rotatable bonds is 3. The number of anilines is 1. The van der Waals surface area contributed by atoms with Crippen molar-refractivity contribution < 1.29 is 0 Å². The van der Waals surface area contributed by atoms with Crippen LogP contribution < -0.4 is 5.32 Å². The Hall–Kier alpha value is -1.21. The number of nitrogens with zero attached hydrogens (tertiary/aromatic N) is 1. The molecule has 0 heterocycles. The molecule has 5 heteroatoms. The van der Waals surface area contributed by atoms with Gasteiger partial charge in [-0.25, -0.2) is 0 Å². The van der Waals surface area contributed by atoms with Gasteiger partial charge in [0.25, 0.3) is 0 Å². The van der Waals surface area contributed by atoms with Crippen molar-refractivity contribution in [1.82, 2.24) is 0 Å². The molecule has 1 N–H and O–H groups in total. The standard InChI is InChI=1S/C15H11BrCl2N2/c1-9(12-4-3-11(17)7-14(12)18)20-15-5-2-10(8-19)6-13(15)16/h2-7,9,20H,1H3. The highest BCUT2D eigenvalue weighted by Gasteiger charge is 2.11. The fourth-order valence-electron chi connectivity index (χ4n) is 1.87. The molecule has 2 rings (SSSR count). The lowest BCUT2D eigenvalue weighted by atomic mass is 10.1. The van der Waals surface area contributed by atoms with Gasteiger partial charge in [0.2, 0.25) is 0 Å². The van der Waals surface area contributed by atoms with Crippen molar-refractivity contribution in [2.75, 3.05) is 5.32 Å². The van der Waals surface area contributed by atoms with Gasteiger partial charge in [-0.05, 0) is 58.7 Å². The molecule has 0 saturated heterocycles. The third-order valence-corrected chi connectivity index (χ3v) is 4.12. The van der Waals surface area contributed by atoms with Crippen LogP contribution in [0.5, 0.6) is 0 Å². The second-order valence-corrected chi connectivity index (χ2v) is 6.04. The number of benzene rings is 2. The lowest BCUT2D eigenvalue weighted by Crippen LogP contribution is -2.07. The molecule has 2 nitrogen and oxygen atoms in total. The number of hydrogen-bond acceptors (Lipinski definition) is 2. The molecule has 0 radical (unpaired) electrons. The van der Waals surface area contributed by atoms with Gasteiger partial charge in [0.15, 0.2) is 0 Å². The Balaban J connectivity index is 2.23. The smallest absolute Gasteiger partial charge is 0.0992 e. The van der Waals surface area contributed by atoms with Gasteiger partial charge in [0, 0.05) is 20.2 Å². The van der Waals surface area contributed by atoms with E-state index in [0.29, 0.717) is 15.6 Å². The molecule has 20 heavy (non-hydrogen) atoms. The molecular formula is C15H11BrCl2N2. The molecule has 0 aromatic heterocycles. The van der Waals surface area contributed by atoms with Gasteiger partial charge in [0.1, 0.15) is 0 Å². The van der Waals surface area contributed by atoms with Gasteiger partial charge in [-0.3, -0.25) is 0 Å². The van der Waals surface area contributed by atoms with Crippen molar-refractivity contribution in [3.63, 3.8) is 0 Å². The number of halogens is 3. The molecule has 2 aromatic rings. The summed E-state index contributed by atoms with van der Waals surface area (Å²) >= 11 is 15.5. The third-order valence-electron chi connectivity index (χ3n) is 2.90. The highest BCUT2D eigenvalue weighted by atomic mass is 79.9. The monoisotopic (exact) mass is 368 g/mol. The van der Waals surface area contributed by atoms with Gasteiger partial charge >= 0.3 is 0 Å². The molecule has 0 spiro atoms. The first kappa shape index (κ1) is 15.2. The Morgan fingerprint density at radius 1 is 1.20 bits per heavy atom. The van der Waals surface area contributed by atoms with Crippen LogP contribution in [0.2, 0.25) is 10.0 Å². The van der Waals surface area contributed by atoms with Crippen molar-refractivity contribution in [3.05, 3.63) is 62.0 Å². The summed E-state index contributed by atoms with van der Waals surface area (Å²) in [4.78, 5) is 0. The summed E-state index contributed by atoms with van der Waals surface area (Å²) in [7, 11) is 0. The Labute approximate surface area is 136 Å². The van der Waals surface area contributed by atoms with Gasteiger partial charge in [-0.2, -0.15) is 5.26 Å². The van der Waals surface area contributed by atoms with E-state index in [1.165, 1.54) is 0 Å². The molecule has 0 aliphatic rings. The Morgan fingerprint density at radius 2 is 1.95 bits per heavy atom. The fourth-order valence-corrected chi connectivity index (χ4v) is 2.93. The SMILES string of the molecule is CC(Nc1ccc(C#N)cc1Br)c1ccc(Cl)cc1Cl. The zero-order chi connectivity index (χ0) is 14.7. The first-order chi connectivity index (χ1) is 9.51. The maximum absolute atomic E-state index is 8.85. The highest BCUT2D eigenvalue weighted by Crippen LogP contribution is 2.31. The second-order valence-electron chi connectivity index (χ2n) is 4.34. The van der Waals surface area contributed by atoms with E-state index in [4.69, 9.17) is 28.5 Å². The maximum atomic E-state index is 8.85. The minimum atomic E-state index is 0.0176. The average molecular weight is 370 g/mol. The van der Waals surface area contributed by atoms with Crippen LogP contribution in [0, 0.1) is 11.3 Å². The Morgan fingerprint density at radius 3 is 2.55 bits per heavy atom. The van der Waals surface area contributed by atoms with E-state index in [1.807, 2.05) is 25.1 Å². The fraction of sp³-hybridized carbons (Fsp3) is 0.133. The summed E-state index contributed by atoms with van der Waals surface area (Å²) < 4.78 is 0.841. The maximum Gasteiger partial charge on any atom is 0.0992 e. The van der Waals surface area contributed by atoms with Crippen molar-refractivity contribution in [2.45, 2.75) is 13.0 Å². The summed E-state index contributed by atoms with van der Waals surface area (Å²) in [5, 5.41) is 13.5. The second kappa shape index (κ2) is 6.49. The van der Waals surface area contributed by atoms with Gasteiger partial charge in [0.05, 0.1) is 17.7 Å². The molecule has 102 valence electrons. The number of nitriles is 1. The van der Waals surface area contributed by atoms with Crippen molar-refractivity contribution >= 4 is 44.8 Å². The summed E-state index contributed by atoms with van der Waals surface area (Å²) in [5.74, 6) is 0. The lowest BCUT2D eigenvalue weighted by molar-refractivity contribution is 0.884. The molecule has 0 bridgehead atoms. The van der Waals surface area contributed by atoms with E-state index >= 15 is 0 Å². The van der Waals surface area contributed by atoms with Gasteiger partial charge in [-0.15, -0.1) is 0 Å². The quantitative estimate of drug-likeness (QED) is 0.741. The third kappa shape index (κ3) is 3.46. The molecule has 0 aliphatic heterocycles. The predicted molar refractivity (Wildman–Crippen MR) is 87.4 cm³/mol. The van der Waals surface area contributed by atoms with E-state index < -0.39 is 0 Å². The molecule has 1 unspecified atom stereocenters. The summed E-state index contributed by atoms with van der Waals surface area (Å²) in [6, 6.07) is 13.0. The first-order valence-corrected chi connectivity index (χ1v) is 7.47. The van der Waals surface area contributed by atoms with E-state index in [-0.39, 0.29) is 6.04 Å². The van der Waals surface area contributed by atoms with Gasteiger partial charge < -0.3 is 5.32 Å². The molecule has 0 saturated carbocycles. The minimum Gasteiger partial charge on any atom is -0.378 e. The highest BCUT2D eigenvalue weighted by molar-refractivity contribution is 9.10. The zero-order valence-corrected chi connectivity index (χ0v) is 13.7. The lowest BCUT2D eigenvalue weighted by Gasteiger charge is -2.18. The van der Waals surface area contributed by atoms with Crippen LogP contribution in [0.4, 0.5) is 5.69 Å². The summed E-state index contributed by atoms with van der Waals surface area (Å²) in [5.41, 5.74) is 2.48. The van der Waals surface area contributed by atoms with Crippen molar-refractivity contribution in [2.24, 2.45) is 0 Å². The number of nitrogens with one attached hydrogen (secondary N) is 1. The van der Waals surface area contributed by atoms with E-state index in [2.05, 4.69) is 27.3 Å². The van der Waals surface area contributed by atoms with E-state index in [9.17, 15) is 0 Å². The Bertz CT molecular complexity index is 680. The van der Waals surface area contributed by atoms with Crippen LogP contribution in [0.1, 0.15) is 24.1 Å². The minimum absolute atomic E-state index is 0.0176. The van der Waals surface area contributed by atoms with E-state index in [1.54, 1.807) is 18.2 Å².